The first-order valence-corrected chi connectivity index (χ1v) is 12.3. The van der Waals surface area contributed by atoms with Crippen LogP contribution < -0.4 is 10.3 Å². The van der Waals surface area contributed by atoms with Crippen molar-refractivity contribution < 1.29 is 49.0 Å². The molecule has 0 fully saturated rings. The minimum absolute atomic E-state index is 0.0173. The van der Waals surface area contributed by atoms with Gasteiger partial charge in [0.2, 0.25) is 0 Å². The maximum absolute atomic E-state index is 13.8. The SMILES string of the molecule is CNN(Cc1cc(C(F)(F)F)cc(C(F)(F)F)c1)C1CCCN(C(=O)OC(C)C)c2c1ccc(C(F)(F)F)c2C. The minimum Gasteiger partial charge on any atom is -0.446 e. The lowest BCUT2D eigenvalue weighted by molar-refractivity contribution is -0.143. The van der Waals surface area contributed by atoms with Crippen molar-refractivity contribution in [3.8, 4) is 0 Å². The Balaban J connectivity index is 2.14. The molecule has 1 atom stereocenters. The topological polar surface area (TPSA) is 44.8 Å². The summed E-state index contributed by atoms with van der Waals surface area (Å²) in [5.41, 5.74) is -1.60. The molecule has 1 heterocycles. The molecular formula is C26H28F9N3O2. The second-order valence-corrected chi connectivity index (χ2v) is 9.68. The molecule has 1 unspecified atom stereocenters. The number of hydrogen-bond donors (Lipinski definition) is 1. The number of benzene rings is 2. The van der Waals surface area contributed by atoms with Gasteiger partial charge in [-0.05, 0) is 81.6 Å². The van der Waals surface area contributed by atoms with Crippen molar-refractivity contribution in [3.63, 3.8) is 0 Å². The summed E-state index contributed by atoms with van der Waals surface area (Å²) >= 11 is 0. The van der Waals surface area contributed by atoms with Gasteiger partial charge in [-0.15, -0.1) is 0 Å². The Labute approximate surface area is 224 Å². The Kier molecular flexibility index (Phi) is 9.04. The number of hydrazine groups is 1. The van der Waals surface area contributed by atoms with Gasteiger partial charge in [-0.3, -0.25) is 10.3 Å². The number of nitrogens with zero attached hydrogens (tertiary/aromatic N) is 2. The first-order chi connectivity index (χ1) is 18.3. The molecule has 40 heavy (non-hydrogen) atoms. The van der Waals surface area contributed by atoms with E-state index in [9.17, 15) is 44.3 Å². The molecule has 1 aliphatic rings. The zero-order chi connectivity index (χ0) is 30.2. The monoisotopic (exact) mass is 585 g/mol. The van der Waals surface area contributed by atoms with Crippen LogP contribution in [0.3, 0.4) is 0 Å². The summed E-state index contributed by atoms with van der Waals surface area (Å²) in [5, 5.41) is 1.35. The Morgan fingerprint density at radius 3 is 2.05 bits per heavy atom. The number of amides is 1. The van der Waals surface area contributed by atoms with Crippen LogP contribution in [-0.2, 0) is 29.8 Å². The highest BCUT2D eigenvalue weighted by Gasteiger charge is 2.40. The Hall–Kier alpha value is -3.00. The quantitative estimate of drug-likeness (QED) is 0.287. The summed E-state index contributed by atoms with van der Waals surface area (Å²) in [5.74, 6) is 0. The Morgan fingerprint density at radius 1 is 1.00 bits per heavy atom. The first kappa shape index (κ1) is 31.5. The van der Waals surface area contributed by atoms with Gasteiger partial charge in [-0.25, -0.2) is 9.80 Å². The number of halogens is 9. The van der Waals surface area contributed by atoms with Gasteiger partial charge in [0, 0.05) is 13.1 Å². The second-order valence-electron chi connectivity index (χ2n) is 9.68. The van der Waals surface area contributed by atoms with Gasteiger partial charge in [0.05, 0.1) is 34.5 Å². The van der Waals surface area contributed by atoms with Crippen LogP contribution in [0.2, 0.25) is 0 Å². The van der Waals surface area contributed by atoms with Crippen LogP contribution in [0.4, 0.5) is 50.0 Å². The van der Waals surface area contributed by atoms with E-state index in [1.165, 1.54) is 25.0 Å². The standard InChI is InChI=1S/C26H28F9N3O2/c1-14(2)40-23(39)37-9-5-6-21(19-7-8-20(26(33,34)35)15(3)22(19)37)38(36-4)13-16-10-17(24(27,28)29)12-18(11-16)25(30,31)32/h7-8,10-12,14,21,36H,5-6,9,13H2,1-4H3. The van der Waals surface area contributed by atoms with Gasteiger partial charge in [0.15, 0.2) is 0 Å². The lowest BCUT2D eigenvalue weighted by Gasteiger charge is -2.33. The fourth-order valence-electron chi connectivity index (χ4n) is 4.79. The minimum atomic E-state index is -5.04. The molecule has 3 rings (SSSR count). The van der Waals surface area contributed by atoms with Crippen LogP contribution in [0.15, 0.2) is 30.3 Å². The van der Waals surface area contributed by atoms with Crippen molar-refractivity contribution >= 4 is 11.8 Å². The van der Waals surface area contributed by atoms with Crippen LogP contribution in [0.25, 0.3) is 0 Å². The highest BCUT2D eigenvalue weighted by molar-refractivity contribution is 5.90. The average Bonchev–Trinajstić information content (AvgIpc) is 3.00. The predicted molar refractivity (Wildman–Crippen MR) is 128 cm³/mol. The van der Waals surface area contributed by atoms with Crippen molar-refractivity contribution in [2.45, 2.75) is 70.8 Å². The molecule has 1 N–H and O–H groups in total. The van der Waals surface area contributed by atoms with Crippen molar-refractivity contribution in [2.75, 3.05) is 18.5 Å². The molecule has 222 valence electrons. The third kappa shape index (κ3) is 7.00. The van der Waals surface area contributed by atoms with Crippen molar-refractivity contribution in [3.05, 3.63) is 63.7 Å². The molecule has 0 bridgehead atoms. The Bertz CT molecular complexity index is 1190. The predicted octanol–water partition coefficient (Wildman–Crippen LogP) is 7.87. The third-order valence-electron chi connectivity index (χ3n) is 6.48. The third-order valence-corrected chi connectivity index (χ3v) is 6.48. The largest absolute Gasteiger partial charge is 0.446 e. The number of nitrogens with one attached hydrogen (secondary N) is 1. The number of carbonyl (C=O) groups is 1. The molecular weight excluding hydrogens is 557 g/mol. The summed E-state index contributed by atoms with van der Waals surface area (Å²) in [4.78, 5) is 14.0. The normalized spacial score (nSPS) is 16.8. The zero-order valence-corrected chi connectivity index (χ0v) is 22.0. The molecule has 2 aromatic rings. The molecule has 0 radical (unpaired) electrons. The summed E-state index contributed by atoms with van der Waals surface area (Å²) in [7, 11) is 1.39. The number of alkyl halides is 9. The lowest BCUT2D eigenvalue weighted by atomic mass is 9.94. The number of ether oxygens (including phenoxy) is 1. The Morgan fingerprint density at radius 2 is 1.57 bits per heavy atom. The van der Waals surface area contributed by atoms with Gasteiger partial charge in [0.25, 0.3) is 0 Å². The van der Waals surface area contributed by atoms with E-state index in [0.717, 1.165) is 11.0 Å². The number of anilines is 1. The van der Waals surface area contributed by atoms with E-state index in [0.29, 0.717) is 12.1 Å². The van der Waals surface area contributed by atoms with Gasteiger partial charge >= 0.3 is 24.6 Å². The van der Waals surface area contributed by atoms with E-state index in [1.807, 2.05) is 0 Å². The molecule has 0 spiro atoms. The van der Waals surface area contributed by atoms with Gasteiger partial charge in [-0.1, -0.05) is 6.07 Å². The second kappa shape index (κ2) is 11.5. The molecule has 5 nitrogen and oxygen atoms in total. The van der Waals surface area contributed by atoms with Crippen LogP contribution in [0.1, 0.15) is 66.1 Å². The maximum atomic E-state index is 13.8. The van der Waals surface area contributed by atoms with Crippen LogP contribution in [0.5, 0.6) is 0 Å². The van der Waals surface area contributed by atoms with E-state index in [-0.39, 0.29) is 47.8 Å². The van der Waals surface area contributed by atoms with E-state index >= 15 is 0 Å². The highest BCUT2D eigenvalue weighted by atomic mass is 19.4. The van der Waals surface area contributed by atoms with Crippen LogP contribution in [-0.4, -0.2) is 30.8 Å². The molecule has 0 saturated carbocycles. The zero-order valence-electron chi connectivity index (χ0n) is 22.0. The molecule has 0 saturated heterocycles. The number of carbonyl (C=O) groups excluding carboxylic acids is 1. The smallest absolute Gasteiger partial charge is 0.416 e. The van der Waals surface area contributed by atoms with Gasteiger partial charge in [-0.2, -0.15) is 39.5 Å². The molecule has 0 aliphatic carbocycles. The van der Waals surface area contributed by atoms with Gasteiger partial charge in [0.1, 0.15) is 0 Å². The molecule has 1 aliphatic heterocycles. The van der Waals surface area contributed by atoms with E-state index in [1.54, 1.807) is 13.8 Å². The number of fused-ring (bicyclic) bond motifs is 1. The van der Waals surface area contributed by atoms with Gasteiger partial charge < -0.3 is 4.74 Å². The van der Waals surface area contributed by atoms with Crippen LogP contribution >= 0.6 is 0 Å². The summed E-state index contributed by atoms with van der Waals surface area (Å²) in [6.45, 7) is 3.88. The average molecular weight is 586 g/mol. The first-order valence-electron chi connectivity index (χ1n) is 12.3. The maximum Gasteiger partial charge on any atom is 0.416 e. The van der Waals surface area contributed by atoms with E-state index < -0.39 is 60.0 Å². The highest BCUT2D eigenvalue weighted by Crippen LogP contribution is 2.44. The molecule has 1 amide bonds. The summed E-state index contributed by atoms with van der Waals surface area (Å²) in [6.07, 6.45) is -15.8. The van der Waals surface area contributed by atoms with E-state index in [4.69, 9.17) is 4.74 Å². The van der Waals surface area contributed by atoms with E-state index in [2.05, 4.69) is 5.43 Å². The summed E-state index contributed by atoms with van der Waals surface area (Å²) in [6, 6.07) is 2.42. The van der Waals surface area contributed by atoms with Crippen molar-refractivity contribution in [2.24, 2.45) is 0 Å². The molecule has 2 aromatic carbocycles. The molecule has 14 heteroatoms. The number of rotatable bonds is 5. The fraction of sp³-hybridized carbons (Fsp3) is 0.500. The molecule has 0 aromatic heterocycles. The van der Waals surface area contributed by atoms with Crippen molar-refractivity contribution in [1.82, 2.24) is 10.4 Å². The van der Waals surface area contributed by atoms with Crippen LogP contribution in [0, 0.1) is 6.92 Å². The lowest BCUT2D eigenvalue weighted by Crippen LogP contribution is -2.38. The fourth-order valence-corrected chi connectivity index (χ4v) is 4.79. The summed E-state index contributed by atoms with van der Waals surface area (Å²) < 4.78 is 127. The number of hydrogen-bond acceptors (Lipinski definition) is 4. The van der Waals surface area contributed by atoms with Crippen molar-refractivity contribution in [1.29, 1.82) is 0 Å².